The van der Waals surface area contributed by atoms with Crippen LogP contribution in [0.3, 0.4) is 0 Å². The molecule has 0 spiro atoms. The van der Waals surface area contributed by atoms with E-state index in [9.17, 15) is 14.4 Å². The van der Waals surface area contributed by atoms with Gasteiger partial charge in [-0.05, 0) is 99.0 Å². The van der Waals surface area contributed by atoms with E-state index in [1.165, 1.54) is 6.20 Å². The van der Waals surface area contributed by atoms with Gasteiger partial charge in [-0.15, -0.1) is 0 Å². The molecule has 0 bridgehead atoms. The predicted molar refractivity (Wildman–Crippen MR) is 157 cm³/mol. The molecule has 10 nitrogen and oxygen atoms in total. The van der Waals surface area contributed by atoms with E-state index in [2.05, 4.69) is 15.6 Å². The molecule has 1 aromatic carbocycles. The van der Waals surface area contributed by atoms with Gasteiger partial charge in [-0.25, -0.2) is 9.59 Å². The van der Waals surface area contributed by atoms with Gasteiger partial charge in [0.1, 0.15) is 17.2 Å². The van der Waals surface area contributed by atoms with Gasteiger partial charge in [-0.1, -0.05) is 12.1 Å². The maximum absolute atomic E-state index is 13.0. The summed E-state index contributed by atoms with van der Waals surface area (Å²) in [6.45, 7) is 18.3. The Morgan fingerprint density at radius 2 is 1.54 bits per heavy atom. The summed E-state index contributed by atoms with van der Waals surface area (Å²) in [5.74, 6) is -0.930. The standard InChI is InChI=1S/C30H42BN3O7/c1-27(2,3)38-25(36)23(34-26(37)39-28(4,5)6)17-21-14-15-22(18-32-21)33-24(35)19-12-11-13-20(16-19)31-40-29(7,8)30(9,10)41-31/h11-16,18,23H,17H2,1-10H3,(H,33,35)(H,34,37)/t23-/m0/s1. The van der Waals surface area contributed by atoms with Crippen molar-refractivity contribution in [1.29, 1.82) is 0 Å². The third-order valence-electron chi connectivity index (χ3n) is 6.55. The highest BCUT2D eigenvalue weighted by Crippen LogP contribution is 2.36. The highest BCUT2D eigenvalue weighted by atomic mass is 16.7. The number of hydrogen-bond donors (Lipinski definition) is 2. The van der Waals surface area contributed by atoms with Crippen molar-refractivity contribution in [3.8, 4) is 0 Å². The lowest BCUT2D eigenvalue weighted by Crippen LogP contribution is -2.47. The molecule has 0 radical (unpaired) electrons. The van der Waals surface area contributed by atoms with Gasteiger partial charge in [0.15, 0.2) is 0 Å². The number of carbonyl (C=O) groups is 3. The molecule has 0 aliphatic carbocycles. The molecular formula is C30H42BN3O7. The average Bonchev–Trinajstić information content (AvgIpc) is 3.04. The van der Waals surface area contributed by atoms with Crippen molar-refractivity contribution in [2.24, 2.45) is 0 Å². The maximum Gasteiger partial charge on any atom is 0.494 e. The largest absolute Gasteiger partial charge is 0.494 e. The smallest absolute Gasteiger partial charge is 0.458 e. The Balaban J connectivity index is 1.68. The van der Waals surface area contributed by atoms with Gasteiger partial charge in [-0.3, -0.25) is 9.78 Å². The number of hydrogen-bond acceptors (Lipinski definition) is 8. The molecule has 11 heteroatoms. The first-order valence-electron chi connectivity index (χ1n) is 13.7. The topological polar surface area (TPSA) is 125 Å². The fraction of sp³-hybridized carbons (Fsp3) is 0.533. The number of pyridine rings is 1. The zero-order valence-electron chi connectivity index (χ0n) is 25.7. The van der Waals surface area contributed by atoms with Crippen molar-refractivity contribution in [1.82, 2.24) is 10.3 Å². The second kappa shape index (κ2) is 11.8. The van der Waals surface area contributed by atoms with Crippen LogP contribution in [-0.2, 0) is 30.0 Å². The van der Waals surface area contributed by atoms with Gasteiger partial charge in [0.05, 0.1) is 23.1 Å². The van der Waals surface area contributed by atoms with Crippen LogP contribution in [0.5, 0.6) is 0 Å². The molecule has 2 aromatic rings. The predicted octanol–water partition coefficient (Wildman–Crippen LogP) is 4.41. The van der Waals surface area contributed by atoms with Crippen LogP contribution in [0.25, 0.3) is 0 Å². The zero-order chi connectivity index (χ0) is 30.8. The van der Waals surface area contributed by atoms with Crippen molar-refractivity contribution >= 4 is 36.2 Å². The molecule has 0 unspecified atom stereocenters. The number of rotatable bonds is 7. The van der Waals surface area contributed by atoms with Crippen LogP contribution in [0, 0.1) is 0 Å². The molecule has 1 saturated heterocycles. The minimum atomic E-state index is -1.02. The van der Waals surface area contributed by atoms with Crippen LogP contribution in [0.15, 0.2) is 42.6 Å². The van der Waals surface area contributed by atoms with Crippen molar-refractivity contribution in [2.45, 2.75) is 104 Å². The summed E-state index contributed by atoms with van der Waals surface area (Å²) in [7, 11) is -0.582. The molecule has 2 N–H and O–H groups in total. The number of aromatic nitrogens is 1. The van der Waals surface area contributed by atoms with Crippen molar-refractivity contribution in [2.75, 3.05) is 5.32 Å². The molecule has 41 heavy (non-hydrogen) atoms. The van der Waals surface area contributed by atoms with Crippen molar-refractivity contribution < 1.29 is 33.2 Å². The number of benzene rings is 1. The van der Waals surface area contributed by atoms with Crippen LogP contribution >= 0.6 is 0 Å². The normalized spacial score (nSPS) is 17.0. The SMILES string of the molecule is CC(C)(C)OC(=O)N[C@@H](Cc1ccc(NC(=O)c2cccc(B3OC(C)(C)C(C)(C)O3)c2)cn1)C(=O)OC(C)(C)C. The number of nitrogens with zero attached hydrogens (tertiary/aromatic N) is 1. The number of carbonyl (C=O) groups excluding carboxylic acids is 3. The fourth-order valence-corrected chi connectivity index (χ4v) is 3.85. The lowest BCUT2D eigenvalue weighted by molar-refractivity contribution is -0.157. The Labute approximate surface area is 243 Å². The molecule has 1 aliphatic heterocycles. The van der Waals surface area contributed by atoms with Crippen LogP contribution in [0.2, 0.25) is 0 Å². The van der Waals surface area contributed by atoms with Gasteiger partial charge in [0.2, 0.25) is 0 Å². The number of nitrogens with one attached hydrogen (secondary N) is 2. The minimum Gasteiger partial charge on any atom is -0.458 e. The lowest BCUT2D eigenvalue weighted by atomic mass is 9.78. The first kappa shape index (κ1) is 32.1. The molecular weight excluding hydrogens is 525 g/mol. The van der Waals surface area contributed by atoms with E-state index in [1.807, 2.05) is 33.8 Å². The molecule has 2 amide bonds. The van der Waals surface area contributed by atoms with E-state index in [-0.39, 0.29) is 12.3 Å². The second-order valence-corrected chi connectivity index (χ2v) is 13.1. The first-order chi connectivity index (χ1) is 18.7. The van der Waals surface area contributed by atoms with E-state index in [4.69, 9.17) is 18.8 Å². The highest BCUT2D eigenvalue weighted by molar-refractivity contribution is 6.62. The highest BCUT2D eigenvalue weighted by Gasteiger charge is 2.51. The minimum absolute atomic E-state index is 0.0680. The van der Waals surface area contributed by atoms with Gasteiger partial charge in [-0.2, -0.15) is 0 Å². The summed E-state index contributed by atoms with van der Waals surface area (Å²) in [5, 5.41) is 5.42. The van der Waals surface area contributed by atoms with E-state index in [0.717, 1.165) is 5.46 Å². The Bertz CT molecular complexity index is 1250. The monoisotopic (exact) mass is 567 g/mol. The third-order valence-corrected chi connectivity index (χ3v) is 6.55. The second-order valence-electron chi connectivity index (χ2n) is 13.1. The Hall–Kier alpha value is -3.44. The molecule has 1 fully saturated rings. The number of amides is 2. The summed E-state index contributed by atoms with van der Waals surface area (Å²) in [5.41, 5.74) is -0.297. The molecule has 3 rings (SSSR count). The van der Waals surface area contributed by atoms with Gasteiger partial charge >= 0.3 is 19.2 Å². The van der Waals surface area contributed by atoms with E-state index in [0.29, 0.717) is 16.9 Å². The Morgan fingerprint density at radius 1 is 0.927 bits per heavy atom. The van der Waals surface area contributed by atoms with Crippen LogP contribution in [0.4, 0.5) is 10.5 Å². The number of anilines is 1. The summed E-state index contributed by atoms with van der Waals surface area (Å²) in [6, 6.07) is 9.43. The zero-order valence-corrected chi connectivity index (χ0v) is 25.7. The molecule has 1 aliphatic rings. The van der Waals surface area contributed by atoms with E-state index < -0.39 is 47.6 Å². The van der Waals surface area contributed by atoms with E-state index >= 15 is 0 Å². The van der Waals surface area contributed by atoms with Crippen LogP contribution in [0.1, 0.15) is 85.3 Å². The third kappa shape index (κ3) is 9.03. The summed E-state index contributed by atoms with van der Waals surface area (Å²) < 4.78 is 23.0. The molecule has 2 heterocycles. The van der Waals surface area contributed by atoms with Crippen molar-refractivity contribution in [3.05, 3.63) is 53.9 Å². The number of ether oxygens (including phenoxy) is 2. The Morgan fingerprint density at radius 3 is 2.07 bits per heavy atom. The fourth-order valence-electron chi connectivity index (χ4n) is 3.85. The van der Waals surface area contributed by atoms with Gasteiger partial charge in [0, 0.05) is 17.7 Å². The molecule has 1 aromatic heterocycles. The quantitative estimate of drug-likeness (QED) is 0.373. The van der Waals surface area contributed by atoms with Crippen molar-refractivity contribution in [3.63, 3.8) is 0 Å². The van der Waals surface area contributed by atoms with Crippen LogP contribution in [-0.4, -0.2) is 58.5 Å². The maximum atomic E-state index is 13.0. The molecule has 1 atom stereocenters. The molecule has 0 saturated carbocycles. The van der Waals surface area contributed by atoms with Gasteiger partial charge < -0.3 is 29.4 Å². The first-order valence-corrected chi connectivity index (χ1v) is 13.7. The summed E-state index contributed by atoms with van der Waals surface area (Å²) in [4.78, 5) is 42.6. The molecule has 222 valence electrons. The summed E-state index contributed by atoms with van der Waals surface area (Å²) >= 11 is 0. The van der Waals surface area contributed by atoms with Gasteiger partial charge in [0.25, 0.3) is 5.91 Å². The van der Waals surface area contributed by atoms with Crippen LogP contribution < -0.4 is 16.1 Å². The lowest BCUT2D eigenvalue weighted by Gasteiger charge is -2.32. The number of alkyl carbamates (subject to hydrolysis) is 1. The average molecular weight is 567 g/mol. The Kier molecular flexibility index (Phi) is 9.25. The van der Waals surface area contributed by atoms with E-state index in [1.54, 1.807) is 71.9 Å². The summed E-state index contributed by atoms with van der Waals surface area (Å²) in [6.07, 6.45) is 0.823. The number of esters is 1.